The van der Waals surface area contributed by atoms with Crippen molar-refractivity contribution in [1.82, 2.24) is 9.78 Å². The fraction of sp³-hybridized carbons (Fsp3) is 0.154. The van der Waals surface area contributed by atoms with E-state index in [0.29, 0.717) is 16.8 Å². The molecule has 0 spiro atoms. The number of rotatable bonds is 3. The summed E-state index contributed by atoms with van der Waals surface area (Å²) in [6.45, 7) is 1.83. The second-order valence-corrected chi connectivity index (χ2v) is 3.96. The first-order chi connectivity index (χ1) is 8.61. The maximum atomic E-state index is 12.0. The first-order valence-corrected chi connectivity index (χ1v) is 5.47. The molecule has 2 aromatic rings. The number of hydrogen-bond donors (Lipinski definition) is 1. The van der Waals surface area contributed by atoms with Crippen LogP contribution in [0.3, 0.4) is 0 Å². The Hall–Kier alpha value is -2.43. The zero-order valence-corrected chi connectivity index (χ0v) is 10.2. The lowest BCUT2D eigenvalue weighted by Crippen LogP contribution is -2.12. The first-order valence-electron chi connectivity index (χ1n) is 5.47. The molecular weight excluding hydrogens is 230 g/mol. The summed E-state index contributed by atoms with van der Waals surface area (Å²) in [5, 5.41) is 6.77. The van der Waals surface area contributed by atoms with Crippen molar-refractivity contribution in [2.75, 3.05) is 5.32 Å². The molecule has 0 aliphatic carbocycles. The largest absolute Gasteiger partial charge is 0.322 e. The van der Waals surface area contributed by atoms with Crippen molar-refractivity contribution in [2.45, 2.75) is 6.92 Å². The number of anilines is 1. The predicted octanol–water partition coefficient (Wildman–Crippen LogP) is 1.79. The molecule has 2 rings (SSSR count). The van der Waals surface area contributed by atoms with Gasteiger partial charge in [-0.1, -0.05) is 0 Å². The van der Waals surface area contributed by atoms with E-state index >= 15 is 0 Å². The summed E-state index contributed by atoms with van der Waals surface area (Å²) in [7, 11) is 1.78. The van der Waals surface area contributed by atoms with Crippen molar-refractivity contribution in [2.24, 2.45) is 7.05 Å². The molecule has 5 nitrogen and oxygen atoms in total. The molecule has 92 valence electrons. The van der Waals surface area contributed by atoms with Crippen LogP contribution >= 0.6 is 0 Å². The van der Waals surface area contributed by atoms with Crippen LogP contribution in [0.15, 0.2) is 30.5 Å². The van der Waals surface area contributed by atoms with Crippen molar-refractivity contribution < 1.29 is 9.59 Å². The average Bonchev–Trinajstić information content (AvgIpc) is 2.71. The summed E-state index contributed by atoms with van der Waals surface area (Å²) in [5.41, 5.74) is 2.56. The van der Waals surface area contributed by atoms with E-state index in [1.54, 1.807) is 36.0 Å². The molecule has 1 amide bonds. The SMILES string of the molecule is Cc1c(C(=O)Nc2ccc(C=O)cc2)cnn1C. The number of aromatic nitrogens is 2. The van der Waals surface area contributed by atoms with E-state index in [0.717, 1.165) is 12.0 Å². The summed E-state index contributed by atoms with van der Waals surface area (Å²) in [6.07, 6.45) is 2.29. The number of aryl methyl sites for hydroxylation is 1. The van der Waals surface area contributed by atoms with Gasteiger partial charge in [-0.25, -0.2) is 0 Å². The van der Waals surface area contributed by atoms with Gasteiger partial charge in [0.25, 0.3) is 5.91 Å². The molecule has 0 bridgehead atoms. The Kier molecular flexibility index (Phi) is 3.23. The Morgan fingerprint density at radius 2 is 2.00 bits per heavy atom. The Labute approximate surface area is 104 Å². The highest BCUT2D eigenvalue weighted by molar-refractivity contribution is 6.04. The van der Waals surface area contributed by atoms with Crippen molar-refractivity contribution in [3.63, 3.8) is 0 Å². The fourth-order valence-electron chi connectivity index (χ4n) is 1.57. The van der Waals surface area contributed by atoms with E-state index in [4.69, 9.17) is 0 Å². The lowest BCUT2D eigenvalue weighted by atomic mass is 10.2. The lowest BCUT2D eigenvalue weighted by Gasteiger charge is -2.04. The van der Waals surface area contributed by atoms with Crippen LogP contribution in [0, 0.1) is 6.92 Å². The summed E-state index contributed by atoms with van der Waals surface area (Å²) >= 11 is 0. The van der Waals surface area contributed by atoms with Crippen LogP contribution in [-0.2, 0) is 7.05 Å². The van der Waals surface area contributed by atoms with E-state index < -0.39 is 0 Å². The molecule has 1 aromatic carbocycles. The Morgan fingerprint density at radius 1 is 1.33 bits per heavy atom. The molecule has 0 saturated carbocycles. The second-order valence-electron chi connectivity index (χ2n) is 3.96. The lowest BCUT2D eigenvalue weighted by molar-refractivity contribution is 0.102. The maximum absolute atomic E-state index is 12.0. The van der Waals surface area contributed by atoms with Gasteiger partial charge in [0.2, 0.25) is 0 Å². The maximum Gasteiger partial charge on any atom is 0.259 e. The number of carbonyl (C=O) groups is 2. The van der Waals surface area contributed by atoms with Crippen LogP contribution in [0.1, 0.15) is 26.4 Å². The third-order valence-electron chi connectivity index (χ3n) is 2.78. The van der Waals surface area contributed by atoms with Crippen molar-refractivity contribution >= 4 is 17.9 Å². The first kappa shape index (κ1) is 12.0. The molecule has 0 aliphatic rings. The monoisotopic (exact) mass is 243 g/mol. The average molecular weight is 243 g/mol. The van der Waals surface area contributed by atoms with E-state index in [1.165, 1.54) is 6.20 Å². The van der Waals surface area contributed by atoms with Crippen LogP contribution in [0.5, 0.6) is 0 Å². The molecule has 0 fully saturated rings. The predicted molar refractivity (Wildman–Crippen MR) is 67.7 cm³/mol. The highest BCUT2D eigenvalue weighted by Gasteiger charge is 2.12. The van der Waals surface area contributed by atoms with Gasteiger partial charge in [-0.05, 0) is 31.2 Å². The highest BCUT2D eigenvalue weighted by Crippen LogP contribution is 2.12. The fourth-order valence-corrected chi connectivity index (χ4v) is 1.57. The van der Waals surface area contributed by atoms with Gasteiger partial charge >= 0.3 is 0 Å². The molecule has 0 radical (unpaired) electrons. The van der Waals surface area contributed by atoms with Crippen molar-refractivity contribution in [1.29, 1.82) is 0 Å². The van der Waals surface area contributed by atoms with Gasteiger partial charge in [-0.3, -0.25) is 14.3 Å². The Balaban J connectivity index is 2.16. The number of nitrogens with one attached hydrogen (secondary N) is 1. The van der Waals surface area contributed by atoms with Crippen LogP contribution in [0.25, 0.3) is 0 Å². The molecule has 1 aromatic heterocycles. The topological polar surface area (TPSA) is 64.0 Å². The molecule has 18 heavy (non-hydrogen) atoms. The Bertz CT molecular complexity index is 585. The van der Waals surface area contributed by atoms with Crippen LogP contribution in [0.2, 0.25) is 0 Å². The minimum absolute atomic E-state index is 0.209. The quantitative estimate of drug-likeness (QED) is 0.836. The number of nitrogens with zero attached hydrogens (tertiary/aromatic N) is 2. The number of hydrogen-bond acceptors (Lipinski definition) is 3. The molecule has 0 atom stereocenters. The van der Waals surface area contributed by atoms with Crippen LogP contribution < -0.4 is 5.32 Å². The molecule has 5 heteroatoms. The molecule has 1 N–H and O–H groups in total. The highest BCUT2D eigenvalue weighted by atomic mass is 16.1. The summed E-state index contributed by atoms with van der Waals surface area (Å²) < 4.78 is 1.64. The van der Waals surface area contributed by atoms with Gasteiger partial charge in [0.1, 0.15) is 6.29 Å². The van der Waals surface area contributed by atoms with Gasteiger partial charge in [0.05, 0.1) is 11.8 Å². The number of aldehydes is 1. The van der Waals surface area contributed by atoms with E-state index in [2.05, 4.69) is 10.4 Å². The van der Waals surface area contributed by atoms with E-state index in [9.17, 15) is 9.59 Å². The van der Waals surface area contributed by atoms with Crippen molar-refractivity contribution in [3.8, 4) is 0 Å². The molecule has 0 aliphatic heterocycles. The Morgan fingerprint density at radius 3 is 2.50 bits per heavy atom. The molecule has 0 unspecified atom stereocenters. The van der Waals surface area contributed by atoms with E-state index in [1.807, 2.05) is 6.92 Å². The van der Waals surface area contributed by atoms with E-state index in [-0.39, 0.29) is 5.91 Å². The second kappa shape index (κ2) is 4.83. The number of benzene rings is 1. The molecular formula is C13H13N3O2. The minimum atomic E-state index is -0.209. The summed E-state index contributed by atoms with van der Waals surface area (Å²) in [5.74, 6) is -0.209. The van der Waals surface area contributed by atoms with Crippen LogP contribution in [-0.4, -0.2) is 22.0 Å². The van der Waals surface area contributed by atoms with Gasteiger partial charge < -0.3 is 5.32 Å². The van der Waals surface area contributed by atoms with Crippen LogP contribution in [0.4, 0.5) is 5.69 Å². The van der Waals surface area contributed by atoms with Gasteiger partial charge in [0, 0.05) is 24.0 Å². The number of amides is 1. The normalized spacial score (nSPS) is 10.1. The summed E-state index contributed by atoms with van der Waals surface area (Å²) in [6, 6.07) is 6.68. The van der Waals surface area contributed by atoms with Gasteiger partial charge in [-0.15, -0.1) is 0 Å². The van der Waals surface area contributed by atoms with Crippen molar-refractivity contribution in [3.05, 3.63) is 47.3 Å². The van der Waals surface area contributed by atoms with Gasteiger partial charge in [-0.2, -0.15) is 5.10 Å². The summed E-state index contributed by atoms with van der Waals surface area (Å²) in [4.78, 5) is 22.5. The minimum Gasteiger partial charge on any atom is -0.322 e. The molecule has 0 saturated heterocycles. The molecule has 1 heterocycles. The third kappa shape index (κ3) is 2.29. The zero-order chi connectivity index (χ0) is 13.1. The zero-order valence-electron chi connectivity index (χ0n) is 10.2. The smallest absolute Gasteiger partial charge is 0.259 e. The third-order valence-corrected chi connectivity index (χ3v) is 2.78. The standard InChI is InChI=1S/C13H13N3O2/c1-9-12(7-14-16(9)2)13(18)15-11-5-3-10(8-17)4-6-11/h3-8H,1-2H3,(H,15,18). The van der Waals surface area contributed by atoms with Gasteiger partial charge in [0.15, 0.2) is 0 Å². The number of carbonyl (C=O) groups excluding carboxylic acids is 2.